The Morgan fingerprint density at radius 1 is 1.29 bits per heavy atom. The van der Waals surface area contributed by atoms with E-state index in [1.807, 2.05) is 41.9 Å². The number of benzene rings is 1. The summed E-state index contributed by atoms with van der Waals surface area (Å²) in [5.41, 5.74) is 0.771. The normalized spacial score (nSPS) is 21.9. The number of carbonyl (C=O) groups excluding carboxylic acids is 1. The predicted octanol–water partition coefficient (Wildman–Crippen LogP) is 2.12. The van der Waals surface area contributed by atoms with E-state index in [4.69, 9.17) is 0 Å². The Hall–Kier alpha value is -2.30. The standard InChI is InChI=1S/C16H18N2O3/c1-16(15(20)21)7-8-18(10-16)14(19)13-9-11-5-3-4-6-12(11)17(13)2/h3-6,9H,7-8,10H2,1-2H3,(H,20,21)/t16-/m1/s1. The van der Waals surface area contributed by atoms with Crippen molar-refractivity contribution < 1.29 is 14.7 Å². The van der Waals surface area contributed by atoms with Crippen molar-refractivity contribution in [3.63, 3.8) is 0 Å². The highest BCUT2D eigenvalue weighted by Gasteiger charge is 2.42. The molecule has 1 fully saturated rings. The van der Waals surface area contributed by atoms with Gasteiger partial charge in [0.15, 0.2) is 0 Å². The van der Waals surface area contributed by atoms with Crippen molar-refractivity contribution in [3.8, 4) is 0 Å². The van der Waals surface area contributed by atoms with Gasteiger partial charge in [0.25, 0.3) is 5.91 Å². The lowest BCUT2D eigenvalue weighted by atomic mass is 9.90. The van der Waals surface area contributed by atoms with E-state index < -0.39 is 11.4 Å². The summed E-state index contributed by atoms with van der Waals surface area (Å²) in [6.07, 6.45) is 0.498. The molecule has 1 aliphatic rings. The lowest BCUT2D eigenvalue weighted by molar-refractivity contribution is -0.147. The molecule has 2 aromatic rings. The van der Waals surface area contributed by atoms with E-state index >= 15 is 0 Å². The molecule has 0 aliphatic carbocycles. The number of rotatable bonds is 2. The highest BCUT2D eigenvalue weighted by Crippen LogP contribution is 2.31. The summed E-state index contributed by atoms with van der Waals surface area (Å²) in [7, 11) is 1.86. The first-order chi connectivity index (χ1) is 9.92. The van der Waals surface area contributed by atoms with Gasteiger partial charge >= 0.3 is 5.97 Å². The molecule has 2 heterocycles. The van der Waals surface area contributed by atoms with Gasteiger partial charge in [-0.2, -0.15) is 0 Å². The molecule has 1 aromatic heterocycles. The van der Waals surface area contributed by atoms with Crippen molar-refractivity contribution in [2.24, 2.45) is 12.5 Å². The van der Waals surface area contributed by atoms with Gasteiger partial charge in [-0.15, -0.1) is 0 Å². The Morgan fingerprint density at radius 2 is 2.00 bits per heavy atom. The van der Waals surface area contributed by atoms with E-state index in [1.165, 1.54) is 0 Å². The second-order valence-electron chi connectivity index (χ2n) is 5.99. The Morgan fingerprint density at radius 3 is 2.62 bits per heavy atom. The minimum absolute atomic E-state index is 0.0984. The first-order valence-corrected chi connectivity index (χ1v) is 6.99. The van der Waals surface area contributed by atoms with Crippen LogP contribution in [0.4, 0.5) is 0 Å². The van der Waals surface area contributed by atoms with E-state index in [2.05, 4.69) is 0 Å². The van der Waals surface area contributed by atoms with Gasteiger partial charge in [0.2, 0.25) is 0 Å². The Balaban J connectivity index is 1.92. The van der Waals surface area contributed by atoms with Crippen LogP contribution >= 0.6 is 0 Å². The molecule has 0 radical (unpaired) electrons. The van der Waals surface area contributed by atoms with E-state index in [-0.39, 0.29) is 12.5 Å². The molecule has 3 rings (SSSR count). The van der Waals surface area contributed by atoms with Crippen LogP contribution in [0.5, 0.6) is 0 Å². The number of hydrogen-bond acceptors (Lipinski definition) is 2. The number of aryl methyl sites for hydroxylation is 1. The first kappa shape index (κ1) is 13.7. The molecular formula is C16H18N2O3. The number of fused-ring (bicyclic) bond motifs is 1. The van der Waals surface area contributed by atoms with Crippen molar-refractivity contribution in [2.75, 3.05) is 13.1 Å². The van der Waals surface area contributed by atoms with Gasteiger partial charge in [-0.05, 0) is 25.5 Å². The zero-order chi connectivity index (χ0) is 15.2. The molecule has 1 N–H and O–H groups in total. The van der Waals surface area contributed by atoms with E-state index in [0.717, 1.165) is 10.9 Å². The third-order valence-corrected chi connectivity index (χ3v) is 4.45. The number of para-hydroxylation sites is 1. The monoisotopic (exact) mass is 286 g/mol. The van der Waals surface area contributed by atoms with Gasteiger partial charge < -0.3 is 14.6 Å². The summed E-state index contributed by atoms with van der Waals surface area (Å²) in [6, 6.07) is 9.69. The van der Waals surface area contributed by atoms with Crippen LogP contribution in [0.3, 0.4) is 0 Å². The quantitative estimate of drug-likeness (QED) is 0.919. The van der Waals surface area contributed by atoms with Crippen LogP contribution in [0.1, 0.15) is 23.8 Å². The first-order valence-electron chi connectivity index (χ1n) is 6.99. The molecule has 0 saturated carbocycles. The average molecular weight is 286 g/mol. The minimum atomic E-state index is -0.838. The van der Waals surface area contributed by atoms with Gasteiger partial charge in [-0.3, -0.25) is 9.59 Å². The summed E-state index contributed by atoms with van der Waals surface area (Å²) in [5, 5.41) is 10.3. The van der Waals surface area contributed by atoms with Gasteiger partial charge in [-0.25, -0.2) is 0 Å². The molecular weight excluding hydrogens is 268 g/mol. The number of hydrogen-bond donors (Lipinski definition) is 1. The fraction of sp³-hybridized carbons (Fsp3) is 0.375. The van der Waals surface area contributed by atoms with Crippen LogP contribution in [0.2, 0.25) is 0 Å². The number of carbonyl (C=O) groups is 2. The van der Waals surface area contributed by atoms with Crippen LogP contribution in [-0.2, 0) is 11.8 Å². The number of nitrogens with zero attached hydrogens (tertiary/aromatic N) is 2. The summed E-state index contributed by atoms with van der Waals surface area (Å²) < 4.78 is 1.87. The largest absolute Gasteiger partial charge is 0.481 e. The molecule has 1 amide bonds. The fourth-order valence-electron chi connectivity index (χ4n) is 2.97. The highest BCUT2D eigenvalue weighted by molar-refractivity contribution is 5.99. The van der Waals surface area contributed by atoms with Gasteiger partial charge in [0, 0.05) is 31.0 Å². The van der Waals surface area contributed by atoms with E-state index in [0.29, 0.717) is 18.7 Å². The summed E-state index contributed by atoms with van der Waals surface area (Å²) in [6.45, 7) is 2.45. The Bertz CT molecular complexity index is 734. The van der Waals surface area contributed by atoms with Crippen LogP contribution in [0.15, 0.2) is 30.3 Å². The highest BCUT2D eigenvalue weighted by atomic mass is 16.4. The van der Waals surface area contributed by atoms with Gasteiger partial charge in [-0.1, -0.05) is 18.2 Å². The molecule has 0 spiro atoms. The van der Waals surface area contributed by atoms with Crippen LogP contribution in [0.25, 0.3) is 10.9 Å². The SMILES string of the molecule is Cn1c(C(=O)N2CC[C@@](C)(C(=O)O)C2)cc2ccccc21. The van der Waals surface area contributed by atoms with Crippen molar-refractivity contribution in [2.45, 2.75) is 13.3 Å². The zero-order valence-corrected chi connectivity index (χ0v) is 12.2. The van der Waals surface area contributed by atoms with E-state index in [9.17, 15) is 14.7 Å². The van der Waals surface area contributed by atoms with Crippen LogP contribution in [-0.4, -0.2) is 39.5 Å². The minimum Gasteiger partial charge on any atom is -0.481 e. The average Bonchev–Trinajstić information content (AvgIpc) is 3.01. The zero-order valence-electron chi connectivity index (χ0n) is 12.2. The molecule has 0 bridgehead atoms. The molecule has 0 unspecified atom stereocenters. The smallest absolute Gasteiger partial charge is 0.311 e. The van der Waals surface area contributed by atoms with Crippen LogP contribution in [0, 0.1) is 5.41 Å². The lowest BCUT2D eigenvalue weighted by Gasteiger charge is -2.20. The molecule has 1 aliphatic heterocycles. The summed E-state index contributed by atoms with van der Waals surface area (Å²) in [4.78, 5) is 25.6. The maximum atomic E-state index is 12.7. The topological polar surface area (TPSA) is 62.5 Å². The van der Waals surface area contributed by atoms with Crippen molar-refractivity contribution >= 4 is 22.8 Å². The summed E-state index contributed by atoms with van der Waals surface area (Å²) in [5.74, 6) is -0.937. The maximum Gasteiger partial charge on any atom is 0.311 e. The van der Waals surface area contributed by atoms with Crippen molar-refractivity contribution in [1.82, 2.24) is 9.47 Å². The van der Waals surface area contributed by atoms with Gasteiger partial charge in [0.05, 0.1) is 5.41 Å². The Kier molecular flexibility index (Phi) is 3.01. The number of likely N-dealkylation sites (tertiary alicyclic amines) is 1. The predicted molar refractivity (Wildman–Crippen MR) is 79.2 cm³/mol. The number of aromatic nitrogens is 1. The lowest BCUT2D eigenvalue weighted by Crippen LogP contribution is -2.35. The number of amides is 1. The van der Waals surface area contributed by atoms with Crippen molar-refractivity contribution in [1.29, 1.82) is 0 Å². The fourth-order valence-corrected chi connectivity index (χ4v) is 2.97. The van der Waals surface area contributed by atoms with Crippen molar-refractivity contribution in [3.05, 3.63) is 36.0 Å². The maximum absolute atomic E-state index is 12.7. The summed E-state index contributed by atoms with van der Waals surface area (Å²) >= 11 is 0. The molecule has 1 atom stereocenters. The molecule has 5 heteroatoms. The number of carboxylic acid groups (broad SMARTS) is 1. The van der Waals surface area contributed by atoms with E-state index in [1.54, 1.807) is 11.8 Å². The second kappa shape index (κ2) is 4.62. The van der Waals surface area contributed by atoms with Gasteiger partial charge in [0.1, 0.15) is 5.69 Å². The second-order valence-corrected chi connectivity index (χ2v) is 5.99. The molecule has 110 valence electrons. The molecule has 5 nitrogen and oxygen atoms in total. The molecule has 1 saturated heterocycles. The Labute approximate surface area is 122 Å². The molecule has 21 heavy (non-hydrogen) atoms. The third kappa shape index (κ3) is 2.09. The number of aliphatic carboxylic acids is 1. The molecule has 1 aromatic carbocycles. The third-order valence-electron chi connectivity index (χ3n) is 4.45. The number of carboxylic acids is 1. The van der Waals surface area contributed by atoms with Crippen LogP contribution < -0.4 is 0 Å².